The van der Waals surface area contributed by atoms with Crippen LogP contribution in [0.2, 0.25) is 0 Å². The van der Waals surface area contributed by atoms with Crippen LogP contribution in [0.25, 0.3) is 0 Å². The summed E-state index contributed by atoms with van der Waals surface area (Å²) < 4.78 is 1.28. The number of hydrogen-bond donors (Lipinski definition) is 1. The van der Waals surface area contributed by atoms with Gasteiger partial charge in [-0.25, -0.2) is 0 Å². The molecule has 0 fully saturated rings. The van der Waals surface area contributed by atoms with Gasteiger partial charge < -0.3 is 5.32 Å². The molecule has 0 aliphatic heterocycles. The van der Waals surface area contributed by atoms with Crippen molar-refractivity contribution in [2.24, 2.45) is 0 Å². The first-order valence-corrected chi connectivity index (χ1v) is 7.26. The SMILES string of the molecule is CCC(C)(CCCl)NCc1ccc(I)cc1. The summed E-state index contributed by atoms with van der Waals surface area (Å²) in [4.78, 5) is 0. The van der Waals surface area contributed by atoms with Gasteiger partial charge in [-0.05, 0) is 60.1 Å². The largest absolute Gasteiger partial charge is 0.307 e. The minimum Gasteiger partial charge on any atom is -0.307 e. The van der Waals surface area contributed by atoms with Crippen LogP contribution in [0.1, 0.15) is 32.3 Å². The summed E-state index contributed by atoms with van der Waals surface area (Å²) in [6.07, 6.45) is 2.11. The highest BCUT2D eigenvalue weighted by Crippen LogP contribution is 2.16. The maximum atomic E-state index is 5.83. The molecule has 0 radical (unpaired) electrons. The fourth-order valence-electron chi connectivity index (χ4n) is 1.52. The normalized spacial score (nSPS) is 14.8. The molecular weight excluding hydrogens is 333 g/mol. The van der Waals surface area contributed by atoms with E-state index in [1.807, 2.05) is 0 Å². The van der Waals surface area contributed by atoms with Crippen LogP contribution in [0.5, 0.6) is 0 Å². The highest BCUT2D eigenvalue weighted by atomic mass is 127. The molecule has 0 saturated carbocycles. The topological polar surface area (TPSA) is 12.0 Å². The third-order valence-corrected chi connectivity index (χ3v) is 3.97. The summed E-state index contributed by atoms with van der Waals surface area (Å²) in [7, 11) is 0. The van der Waals surface area contributed by atoms with Gasteiger partial charge in [-0.1, -0.05) is 19.1 Å². The van der Waals surface area contributed by atoms with E-state index in [1.165, 1.54) is 9.13 Å². The van der Waals surface area contributed by atoms with Crippen LogP contribution in [0.4, 0.5) is 0 Å². The molecule has 3 heteroatoms. The molecule has 0 aromatic heterocycles. The molecule has 0 bridgehead atoms. The van der Waals surface area contributed by atoms with Crippen molar-refractivity contribution in [2.75, 3.05) is 5.88 Å². The second-order valence-corrected chi connectivity index (χ2v) is 5.96. The lowest BCUT2D eigenvalue weighted by Crippen LogP contribution is -2.41. The van der Waals surface area contributed by atoms with Crippen LogP contribution in [0, 0.1) is 3.57 Å². The Morgan fingerprint density at radius 1 is 1.31 bits per heavy atom. The van der Waals surface area contributed by atoms with Crippen molar-refractivity contribution in [1.82, 2.24) is 5.32 Å². The van der Waals surface area contributed by atoms with Crippen molar-refractivity contribution in [3.05, 3.63) is 33.4 Å². The fraction of sp³-hybridized carbons (Fsp3) is 0.538. The third kappa shape index (κ3) is 4.60. The summed E-state index contributed by atoms with van der Waals surface area (Å²) >= 11 is 8.15. The van der Waals surface area contributed by atoms with E-state index < -0.39 is 0 Å². The van der Waals surface area contributed by atoms with Gasteiger partial charge >= 0.3 is 0 Å². The molecule has 1 atom stereocenters. The Hall–Kier alpha value is 0.200. The Morgan fingerprint density at radius 3 is 2.44 bits per heavy atom. The van der Waals surface area contributed by atoms with Gasteiger partial charge in [0, 0.05) is 21.5 Å². The molecule has 1 aromatic carbocycles. The lowest BCUT2D eigenvalue weighted by molar-refractivity contribution is 0.331. The molecule has 1 unspecified atom stereocenters. The zero-order valence-corrected chi connectivity index (χ0v) is 12.8. The third-order valence-electron chi connectivity index (χ3n) is 3.06. The van der Waals surface area contributed by atoms with Crippen LogP contribution in [0.15, 0.2) is 24.3 Å². The number of alkyl halides is 1. The van der Waals surface area contributed by atoms with Crippen LogP contribution in [0.3, 0.4) is 0 Å². The van der Waals surface area contributed by atoms with E-state index in [9.17, 15) is 0 Å². The van der Waals surface area contributed by atoms with Gasteiger partial charge in [0.25, 0.3) is 0 Å². The first-order valence-electron chi connectivity index (χ1n) is 5.65. The van der Waals surface area contributed by atoms with Crippen molar-refractivity contribution in [3.63, 3.8) is 0 Å². The number of hydrogen-bond acceptors (Lipinski definition) is 1. The van der Waals surface area contributed by atoms with Gasteiger partial charge in [0.05, 0.1) is 0 Å². The molecule has 90 valence electrons. The van der Waals surface area contributed by atoms with E-state index >= 15 is 0 Å². The molecule has 1 N–H and O–H groups in total. The Bertz CT molecular complexity index is 312. The van der Waals surface area contributed by atoms with Gasteiger partial charge in [-0.15, -0.1) is 11.6 Å². The predicted molar refractivity (Wildman–Crippen MR) is 80.0 cm³/mol. The molecule has 0 amide bonds. The monoisotopic (exact) mass is 351 g/mol. The van der Waals surface area contributed by atoms with Crippen LogP contribution < -0.4 is 5.32 Å². The molecule has 1 nitrogen and oxygen atoms in total. The Kier molecular flexibility index (Phi) is 6.08. The Balaban J connectivity index is 2.52. The van der Waals surface area contributed by atoms with Crippen molar-refractivity contribution in [1.29, 1.82) is 0 Å². The van der Waals surface area contributed by atoms with Crippen LogP contribution in [-0.4, -0.2) is 11.4 Å². The lowest BCUT2D eigenvalue weighted by Gasteiger charge is -2.29. The summed E-state index contributed by atoms with van der Waals surface area (Å²) in [5.41, 5.74) is 1.49. The molecule has 0 saturated heterocycles. The van der Waals surface area contributed by atoms with Crippen molar-refractivity contribution < 1.29 is 0 Å². The summed E-state index contributed by atoms with van der Waals surface area (Å²) in [5, 5.41) is 3.60. The molecule has 16 heavy (non-hydrogen) atoms. The van der Waals surface area contributed by atoms with Crippen LogP contribution in [-0.2, 0) is 6.54 Å². The van der Waals surface area contributed by atoms with Crippen molar-refractivity contribution in [3.8, 4) is 0 Å². The average Bonchev–Trinajstić information content (AvgIpc) is 2.29. The summed E-state index contributed by atoms with van der Waals surface area (Å²) in [6, 6.07) is 8.63. The van der Waals surface area contributed by atoms with E-state index in [2.05, 4.69) is 66.0 Å². The maximum Gasteiger partial charge on any atom is 0.0240 e. The average molecular weight is 352 g/mol. The molecule has 1 aromatic rings. The number of benzene rings is 1. The van der Waals surface area contributed by atoms with E-state index in [1.54, 1.807) is 0 Å². The molecule has 0 heterocycles. The second-order valence-electron chi connectivity index (χ2n) is 4.33. The zero-order valence-electron chi connectivity index (χ0n) is 9.89. The van der Waals surface area contributed by atoms with Crippen molar-refractivity contribution >= 4 is 34.2 Å². The molecule has 1 rings (SSSR count). The number of halogens is 2. The quantitative estimate of drug-likeness (QED) is 0.599. The van der Waals surface area contributed by atoms with E-state index in [-0.39, 0.29) is 5.54 Å². The number of nitrogens with one attached hydrogen (secondary N) is 1. The van der Waals surface area contributed by atoms with Gasteiger partial charge in [0.15, 0.2) is 0 Å². The minimum absolute atomic E-state index is 0.157. The van der Waals surface area contributed by atoms with Gasteiger partial charge in [-0.2, -0.15) is 0 Å². The lowest BCUT2D eigenvalue weighted by atomic mass is 9.95. The van der Waals surface area contributed by atoms with E-state index in [0.29, 0.717) is 5.88 Å². The first kappa shape index (κ1) is 14.3. The second kappa shape index (κ2) is 6.82. The summed E-state index contributed by atoms with van der Waals surface area (Å²) in [5.74, 6) is 0.712. The van der Waals surface area contributed by atoms with E-state index in [0.717, 1.165) is 19.4 Å². The Morgan fingerprint density at radius 2 is 1.94 bits per heavy atom. The first-order chi connectivity index (χ1) is 7.59. The Labute approximate surface area is 117 Å². The fourth-order valence-corrected chi connectivity index (χ4v) is 2.29. The number of rotatable bonds is 6. The maximum absolute atomic E-state index is 5.83. The van der Waals surface area contributed by atoms with Crippen molar-refractivity contribution in [2.45, 2.75) is 38.8 Å². The van der Waals surface area contributed by atoms with Gasteiger partial charge in [0.1, 0.15) is 0 Å². The van der Waals surface area contributed by atoms with Crippen LogP contribution >= 0.6 is 34.2 Å². The summed E-state index contributed by atoms with van der Waals surface area (Å²) in [6.45, 7) is 5.35. The van der Waals surface area contributed by atoms with Gasteiger partial charge in [-0.3, -0.25) is 0 Å². The van der Waals surface area contributed by atoms with Gasteiger partial charge in [0.2, 0.25) is 0 Å². The smallest absolute Gasteiger partial charge is 0.0240 e. The molecular formula is C13H19ClIN. The molecule has 0 aliphatic rings. The standard InChI is InChI=1S/C13H19ClIN/c1-3-13(2,8-9-14)16-10-11-4-6-12(15)7-5-11/h4-7,16H,3,8-10H2,1-2H3. The minimum atomic E-state index is 0.157. The molecule has 0 aliphatic carbocycles. The van der Waals surface area contributed by atoms with E-state index in [4.69, 9.17) is 11.6 Å². The zero-order chi connectivity index (χ0) is 12.0. The molecule has 0 spiro atoms. The highest BCUT2D eigenvalue weighted by Gasteiger charge is 2.19. The predicted octanol–water partition coefficient (Wildman–Crippen LogP) is 4.18. The highest BCUT2D eigenvalue weighted by molar-refractivity contribution is 14.1.